The first-order valence-electron chi connectivity index (χ1n) is 7.22. The maximum atomic E-state index is 12.3. The van der Waals surface area contributed by atoms with Gasteiger partial charge in [0.25, 0.3) is 0 Å². The van der Waals surface area contributed by atoms with Crippen LogP contribution in [0.4, 0.5) is 4.79 Å². The summed E-state index contributed by atoms with van der Waals surface area (Å²) in [6.45, 7) is 3.48. The molecule has 6 heteroatoms. The molecule has 1 saturated heterocycles. The van der Waals surface area contributed by atoms with Crippen LogP contribution in [0.15, 0.2) is 0 Å². The van der Waals surface area contributed by atoms with Crippen LogP contribution in [0.2, 0.25) is 0 Å². The molecule has 0 aromatic heterocycles. The highest BCUT2D eigenvalue weighted by Gasteiger charge is 2.30. The van der Waals surface area contributed by atoms with Crippen LogP contribution in [0, 0.1) is 5.92 Å². The van der Waals surface area contributed by atoms with Gasteiger partial charge in [0.2, 0.25) is 5.91 Å². The molecule has 2 atom stereocenters. The second-order valence-electron chi connectivity index (χ2n) is 5.86. The quantitative estimate of drug-likeness (QED) is 0.823. The molecule has 1 N–H and O–H groups in total. The zero-order valence-corrected chi connectivity index (χ0v) is 13.0. The molecule has 0 aliphatic carbocycles. The molecule has 1 rings (SSSR count). The molecule has 116 valence electrons. The third kappa shape index (κ3) is 4.67. The molecule has 0 saturated carbocycles. The molecule has 0 aromatic rings. The number of aliphatic hydroxyl groups excluding tert-OH is 1. The van der Waals surface area contributed by atoms with Crippen LogP contribution in [-0.4, -0.2) is 78.6 Å². The van der Waals surface area contributed by atoms with Crippen molar-refractivity contribution >= 4 is 11.9 Å². The minimum Gasteiger partial charge on any atom is -0.393 e. The van der Waals surface area contributed by atoms with Gasteiger partial charge in [0.05, 0.1) is 12.0 Å². The lowest BCUT2D eigenvalue weighted by Gasteiger charge is -2.35. The number of amides is 3. The summed E-state index contributed by atoms with van der Waals surface area (Å²) in [6.07, 6.45) is 1.87. The molecular weight excluding hydrogens is 258 g/mol. The van der Waals surface area contributed by atoms with E-state index in [1.165, 1.54) is 0 Å². The summed E-state index contributed by atoms with van der Waals surface area (Å²) in [5.74, 6) is -0.0476. The number of nitrogens with zero attached hydrogens (tertiary/aromatic N) is 3. The Morgan fingerprint density at radius 2 is 2.00 bits per heavy atom. The Hall–Kier alpha value is -1.30. The van der Waals surface area contributed by atoms with E-state index in [1.54, 1.807) is 42.8 Å². The lowest BCUT2D eigenvalue weighted by Crippen LogP contribution is -2.49. The van der Waals surface area contributed by atoms with Crippen LogP contribution < -0.4 is 0 Å². The summed E-state index contributed by atoms with van der Waals surface area (Å²) in [6, 6.07) is -0.0332. The lowest BCUT2D eigenvalue weighted by atomic mass is 9.96. The van der Waals surface area contributed by atoms with Crippen molar-refractivity contribution in [2.75, 3.05) is 40.8 Å². The maximum Gasteiger partial charge on any atom is 0.319 e. The Morgan fingerprint density at radius 3 is 2.55 bits per heavy atom. The number of carbonyl (C=O) groups is 2. The van der Waals surface area contributed by atoms with Crippen molar-refractivity contribution in [3.8, 4) is 0 Å². The van der Waals surface area contributed by atoms with Crippen molar-refractivity contribution < 1.29 is 14.7 Å². The molecule has 2 unspecified atom stereocenters. The van der Waals surface area contributed by atoms with Crippen LogP contribution >= 0.6 is 0 Å². The molecule has 1 aliphatic rings. The molecule has 0 bridgehead atoms. The van der Waals surface area contributed by atoms with Gasteiger partial charge in [-0.05, 0) is 26.2 Å². The number of rotatable bonds is 4. The molecular formula is C14H27N3O3. The molecule has 1 heterocycles. The van der Waals surface area contributed by atoms with Gasteiger partial charge in [-0.3, -0.25) is 4.79 Å². The van der Waals surface area contributed by atoms with Gasteiger partial charge in [-0.25, -0.2) is 4.79 Å². The summed E-state index contributed by atoms with van der Waals surface area (Å²) in [5.41, 5.74) is 0. The van der Waals surface area contributed by atoms with E-state index >= 15 is 0 Å². The van der Waals surface area contributed by atoms with E-state index in [0.717, 1.165) is 19.4 Å². The van der Waals surface area contributed by atoms with Gasteiger partial charge >= 0.3 is 6.03 Å². The van der Waals surface area contributed by atoms with Crippen molar-refractivity contribution in [1.82, 2.24) is 14.7 Å². The first-order valence-corrected chi connectivity index (χ1v) is 7.22. The third-order valence-electron chi connectivity index (χ3n) is 3.68. The monoisotopic (exact) mass is 285 g/mol. The van der Waals surface area contributed by atoms with Gasteiger partial charge in [0, 0.05) is 40.8 Å². The van der Waals surface area contributed by atoms with Crippen molar-refractivity contribution in [3.05, 3.63) is 0 Å². The average molecular weight is 285 g/mol. The SMILES string of the molecule is CC(O)CCN(C)C(=O)C1CCCN(C(=O)N(C)C)C1. The molecule has 0 aromatic carbocycles. The number of piperidine rings is 1. The summed E-state index contributed by atoms with van der Waals surface area (Å²) in [5, 5.41) is 9.27. The molecule has 6 nitrogen and oxygen atoms in total. The van der Waals surface area contributed by atoms with Crippen LogP contribution in [0.5, 0.6) is 0 Å². The molecule has 0 spiro atoms. The second kappa shape index (κ2) is 7.47. The van der Waals surface area contributed by atoms with E-state index in [4.69, 9.17) is 0 Å². The van der Waals surface area contributed by atoms with E-state index in [0.29, 0.717) is 19.5 Å². The molecule has 1 aliphatic heterocycles. The molecule has 1 fully saturated rings. The van der Waals surface area contributed by atoms with E-state index < -0.39 is 6.10 Å². The Balaban J connectivity index is 2.53. The highest BCUT2D eigenvalue weighted by Crippen LogP contribution is 2.19. The number of aliphatic hydroxyl groups is 1. The summed E-state index contributed by atoms with van der Waals surface area (Å²) in [7, 11) is 5.21. The number of hydrogen-bond acceptors (Lipinski definition) is 3. The van der Waals surface area contributed by atoms with Gasteiger partial charge in [0.1, 0.15) is 0 Å². The highest BCUT2D eigenvalue weighted by molar-refractivity contribution is 5.80. The predicted octanol–water partition coefficient (Wildman–Crippen LogP) is 0.609. The molecule has 3 amide bonds. The van der Waals surface area contributed by atoms with E-state index in [-0.39, 0.29) is 17.9 Å². The normalized spacial score (nSPS) is 20.4. The van der Waals surface area contributed by atoms with Crippen LogP contribution in [0.1, 0.15) is 26.2 Å². The smallest absolute Gasteiger partial charge is 0.319 e. The van der Waals surface area contributed by atoms with Gasteiger partial charge in [-0.1, -0.05) is 0 Å². The standard InChI is InChI=1S/C14H27N3O3/c1-11(18)7-9-16(4)13(19)12-6-5-8-17(10-12)14(20)15(2)3/h11-12,18H,5-10H2,1-4H3. The Morgan fingerprint density at radius 1 is 1.35 bits per heavy atom. The van der Waals surface area contributed by atoms with Crippen LogP contribution in [0.3, 0.4) is 0 Å². The highest BCUT2D eigenvalue weighted by atomic mass is 16.3. The lowest BCUT2D eigenvalue weighted by molar-refractivity contribution is -0.135. The fourth-order valence-electron chi connectivity index (χ4n) is 2.44. The third-order valence-corrected chi connectivity index (χ3v) is 3.68. The topological polar surface area (TPSA) is 64.1 Å². The van der Waals surface area contributed by atoms with Crippen LogP contribution in [0.25, 0.3) is 0 Å². The van der Waals surface area contributed by atoms with E-state index in [9.17, 15) is 14.7 Å². The van der Waals surface area contributed by atoms with Crippen molar-refractivity contribution in [3.63, 3.8) is 0 Å². The zero-order chi connectivity index (χ0) is 15.3. The Labute approximate surface area is 121 Å². The maximum absolute atomic E-state index is 12.3. The first kappa shape index (κ1) is 16.8. The second-order valence-corrected chi connectivity index (χ2v) is 5.86. The summed E-state index contributed by atoms with van der Waals surface area (Å²) >= 11 is 0. The van der Waals surface area contributed by atoms with E-state index in [1.807, 2.05) is 0 Å². The average Bonchev–Trinajstić information content (AvgIpc) is 2.43. The van der Waals surface area contributed by atoms with Crippen LogP contribution in [-0.2, 0) is 4.79 Å². The van der Waals surface area contributed by atoms with E-state index in [2.05, 4.69) is 0 Å². The van der Waals surface area contributed by atoms with Gasteiger partial charge in [0.15, 0.2) is 0 Å². The van der Waals surface area contributed by atoms with Crippen molar-refractivity contribution in [2.24, 2.45) is 5.92 Å². The van der Waals surface area contributed by atoms with Gasteiger partial charge in [-0.2, -0.15) is 0 Å². The van der Waals surface area contributed by atoms with Crippen molar-refractivity contribution in [1.29, 1.82) is 0 Å². The minimum absolute atomic E-state index is 0.0332. The largest absolute Gasteiger partial charge is 0.393 e. The van der Waals surface area contributed by atoms with Gasteiger partial charge in [-0.15, -0.1) is 0 Å². The number of hydrogen-bond donors (Lipinski definition) is 1. The Kier molecular flexibility index (Phi) is 6.26. The van der Waals surface area contributed by atoms with Gasteiger partial charge < -0.3 is 19.8 Å². The number of carbonyl (C=O) groups excluding carboxylic acids is 2. The number of likely N-dealkylation sites (tertiary alicyclic amines) is 1. The predicted molar refractivity (Wildman–Crippen MR) is 77.3 cm³/mol. The number of urea groups is 1. The molecule has 20 heavy (non-hydrogen) atoms. The summed E-state index contributed by atoms with van der Waals surface area (Å²) in [4.78, 5) is 29.2. The molecule has 0 radical (unpaired) electrons. The minimum atomic E-state index is -0.400. The fourth-order valence-corrected chi connectivity index (χ4v) is 2.44. The van der Waals surface area contributed by atoms with Crippen molar-refractivity contribution in [2.45, 2.75) is 32.3 Å². The zero-order valence-electron chi connectivity index (χ0n) is 13.0. The first-order chi connectivity index (χ1) is 9.32. The fraction of sp³-hybridized carbons (Fsp3) is 0.857. The summed E-state index contributed by atoms with van der Waals surface area (Å²) < 4.78 is 0. The Bertz CT molecular complexity index is 345.